The van der Waals surface area contributed by atoms with Gasteiger partial charge in [-0.2, -0.15) is 4.31 Å². The number of nitrogens with one attached hydrogen (secondary N) is 1. The fraction of sp³-hybridized carbons (Fsp3) is 0.588. The van der Waals surface area contributed by atoms with E-state index in [-0.39, 0.29) is 16.8 Å². The van der Waals surface area contributed by atoms with Gasteiger partial charge in [-0.05, 0) is 49.9 Å². The van der Waals surface area contributed by atoms with Crippen molar-refractivity contribution in [3.8, 4) is 0 Å². The van der Waals surface area contributed by atoms with E-state index in [1.165, 1.54) is 16.4 Å². The Balaban J connectivity index is 2.11. The topological polar surface area (TPSA) is 66.5 Å². The summed E-state index contributed by atoms with van der Waals surface area (Å²) in [6.45, 7) is 5.23. The number of carbonyl (C=O) groups excluding carboxylic acids is 1. The first-order valence-electron chi connectivity index (χ1n) is 8.40. The molecule has 0 bridgehead atoms. The van der Waals surface area contributed by atoms with Gasteiger partial charge < -0.3 is 5.32 Å². The third kappa shape index (κ3) is 4.32. The Bertz CT molecular complexity index is 616. The number of piperidine rings is 1. The summed E-state index contributed by atoms with van der Waals surface area (Å²) in [5.41, 5.74) is 0.495. The molecule has 23 heavy (non-hydrogen) atoms. The Labute approximate surface area is 139 Å². The molecule has 5 nitrogen and oxygen atoms in total. The second-order valence-electron chi connectivity index (χ2n) is 5.98. The predicted octanol–water partition coefficient (Wildman–Crippen LogP) is 2.78. The molecule has 2 rings (SSSR count). The Morgan fingerprint density at radius 2 is 1.65 bits per heavy atom. The van der Waals surface area contributed by atoms with Gasteiger partial charge in [-0.1, -0.05) is 20.3 Å². The SMILES string of the molecule is CCC(CC)NC(=O)c1ccc(S(=O)(=O)N2CCCCC2)cc1. The van der Waals surface area contributed by atoms with E-state index in [2.05, 4.69) is 5.32 Å². The molecule has 1 N–H and O–H groups in total. The molecular weight excluding hydrogens is 312 g/mol. The third-order valence-electron chi connectivity index (χ3n) is 4.39. The van der Waals surface area contributed by atoms with Crippen LogP contribution in [0.2, 0.25) is 0 Å². The zero-order valence-electron chi connectivity index (χ0n) is 13.9. The number of hydrogen-bond acceptors (Lipinski definition) is 3. The van der Waals surface area contributed by atoms with Gasteiger partial charge in [0.15, 0.2) is 0 Å². The maximum atomic E-state index is 12.6. The van der Waals surface area contributed by atoms with Crippen molar-refractivity contribution in [1.29, 1.82) is 0 Å². The lowest BCUT2D eigenvalue weighted by Gasteiger charge is -2.25. The van der Waals surface area contributed by atoms with Crippen LogP contribution in [-0.2, 0) is 10.0 Å². The number of hydrogen-bond donors (Lipinski definition) is 1. The zero-order valence-corrected chi connectivity index (χ0v) is 14.7. The Kier molecular flexibility index (Phi) is 6.18. The molecule has 1 heterocycles. The molecule has 1 fully saturated rings. The van der Waals surface area contributed by atoms with E-state index in [0.717, 1.165) is 32.1 Å². The van der Waals surface area contributed by atoms with Crippen molar-refractivity contribution in [2.24, 2.45) is 0 Å². The van der Waals surface area contributed by atoms with Crippen LogP contribution >= 0.6 is 0 Å². The van der Waals surface area contributed by atoms with Crippen LogP contribution in [0, 0.1) is 0 Å². The second-order valence-corrected chi connectivity index (χ2v) is 7.91. The molecule has 0 atom stereocenters. The molecule has 1 amide bonds. The number of carbonyl (C=O) groups is 1. The summed E-state index contributed by atoms with van der Waals surface area (Å²) in [6, 6.07) is 6.40. The van der Waals surface area contributed by atoms with Gasteiger partial charge in [0.05, 0.1) is 4.90 Å². The first-order chi connectivity index (χ1) is 11.0. The summed E-state index contributed by atoms with van der Waals surface area (Å²) in [7, 11) is -3.44. The van der Waals surface area contributed by atoms with Crippen molar-refractivity contribution in [2.75, 3.05) is 13.1 Å². The minimum atomic E-state index is -3.44. The van der Waals surface area contributed by atoms with Crippen LogP contribution in [0.1, 0.15) is 56.3 Å². The molecule has 1 saturated heterocycles. The zero-order chi connectivity index (χ0) is 16.9. The number of nitrogens with zero attached hydrogens (tertiary/aromatic N) is 1. The average Bonchev–Trinajstić information content (AvgIpc) is 2.60. The molecule has 1 aliphatic rings. The van der Waals surface area contributed by atoms with Gasteiger partial charge in [0, 0.05) is 24.7 Å². The van der Waals surface area contributed by atoms with E-state index in [4.69, 9.17) is 0 Å². The largest absolute Gasteiger partial charge is 0.349 e. The molecule has 1 aliphatic heterocycles. The van der Waals surface area contributed by atoms with E-state index >= 15 is 0 Å². The quantitative estimate of drug-likeness (QED) is 0.867. The van der Waals surface area contributed by atoms with Crippen LogP contribution in [-0.4, -0.2) is 37.8 Å². The summed E-state index contributed by atoms with van der Waals surface area (Å²) in [5.74, 6) is -0.152. The first-order valence-corrected chi connectivity index (χ1v) is 9.84. The Hall–Kier alpha value is -1.40. The molecule has 0 aromatic heterocycles. The highest BCUT2D eigenvalue weighted by atomic mass is 32.2. The molecule has 0 radical (unpaired) electrons. The molecule has 0 aliphatic carbocycles. The average molecular weight is 338 g/mol. The van der Waals surface area contributed by atoms with Crippen molar-refractivity contribution in [2.45, 2.75) is 56.9 Å². The normalized spacial score (nSPS) is 16.5. The monoisotopic (exact) mass is 338 g/mol. The minimum Gasteiger partial charge on any atom is -0.349 e. The molecule has 1 aromatic rings. The lowest BCUT2D eigenvalue weighted by atomic mass is 10.1. The van der Waals surface area contributed by atoms with E-state index in [0.29, 0.717) is 18.7 Å². The van der Waals surface area contributed by atoms with Crippen molar-refractivity contribution in [3.05, 3.63) is 29.8 Å². The van der Waals surface area contributed by atoms with Crippen molar-refractivity contribution in [3.63, 3.8) is 0 Å². The maximum absolute atomic E-state index is 12.6. The van der Waals surface area contributed by atoms with E-state index < -0.39 is 10.0 Å². The molecular formula is C17H26N2O3S. The molecule has 6 heteroatoms. The molecule has 0 spiro atoms. The third-order valence-corrected chi connectivity index (χ3v) is 6.30. The highest BCUT2D eigenvalue weighted by molar-refractivity contribution is 7.89. The first kappa shape index (κ1) is 17.9. The highest BCUT2D eigenvalue weighted by Gasteiger charge is 2.26. The van der Waals surface area contributed by atoms with Gasteiger partial charge in [0.2, 0.25) is 10.0 Å². The fourth-order valence-electron chi connectivity index (χ4n) is 2.79. The number of sulfonamides is 1. The van der Waals surface area contributed by atoms with Crippen molar-refractivity contribution < 1.29 is 13.2 Å². The lowest BCUT2D eigenvalue weighted by molar-refractivity contribution is 0.0934. The van der Waals surface area contributed by atoms with Crippen LogP contribution in [0.15, 0.2) is 29.2 Å². The lowest BCUT2D eigenvalue weighted by Crippen LogP contribution is -2.35. The summed E-state index contributed by atoms with van der Waals surface area (Å²) in [5, 5.41) is 2.96. The van der Waals surface area contributed by atoms with E-state index in [1.54, 1.807) is 12.1 Å². The van der Waals surface area contributed by atoms with Gasteiger partial charge >= 0.3 is 0 Å². The highest BCUT2D eigenvalue weighted by Crippen LogP contribution is 2.20. The summed E-state index contributed by atoms with van der Waals surface area (Å²) < 4.78 is 26.7. The second kappa shape index (κ2) is 7.93. The number of benzene rings is 1. The molecule has 1 aromatic carbocycles. The summed E-state index contributed by atoms with van der Waals surface area (Å²) in [6.07, 6.45) is 4.67. The van der Waals surface area contributed by atoms with Crippen LogP contribution in [0.3, 0.4) is 0 Å². The standard InChI is InChI=1S/C17H26N2O3S/c1-3-15(4-2)18-17(20)14-8-10-16(11-9-14)23(21,22)19-12-6-5-7-13-19/h8-11,15H,3-7,12-13H2,1-2H3,(H,18,20). The van der Waals surface area contributed by atoms with Crippen LogP contribution < -0.4 is 5.32 Å². The Morgan fingerprint density at radius 3 is 2.17 bits per heavy atom. The number of amides is 1. The summed E-state index contributed by atoms with van der Waals surface area (Å²) >= 11 is 0. The van der Waals surface area contributed by atoms with E-state index in [9.17, 15) is 13.2 Å². The van der Waals surface area contributed by atoms with Gasteiger partial charge in [0.1, 0.15) is 0 Å². The van der Waals surface area contributed by atoms with Gasteiger partial charge in [-0.25, -0.2) is 8.42 Å². The van der Waals surface area contributed by atoms with Gasteiger partial charge in [-0.3, -0.25) is 4.79 Å². The van der Waals surface area contributed by atoms with Gasteiger partial charge in [-0.15, -0.1) is 0 Å². The van der Waals surface area contributed by atoms with Crippen molar-refractivity contribution >= 4 is 15.9 Å². The predicted molar refractivity (Wildman–Crippen MR) is 90.9 cm³/mol. The minimum absolute atomic E-state index is 0.152. The molecule has 0 saturated carbocycles. The van der Waals surface area contributed by atoms with Crippen molar-refractivity contribution in [1.82, 2.24) is 9.62 Å². The maximum Gasteiger partial charge on any atom is 0.251 e. The molecule has 128 valence electrons. The van der Waals surface area contributed by atoms with E-state index in [1.807, 2.05) is 13.8 Å². The number of rotatable bonds is 6. The van der Waals surface area contributed by atoms with Crippen LogP contribution in [0.5, 0.6) is 0 Å². The Morgan fingerprint density at radius 1 is 1.09 bits per heavy atom. The van der Waals surface area contributed by atoms with Crippen LogP contribution in [0.25, 0.3) is 0 Å². The molecule has 0 unspecified atom stereocenters. The van der Waals surface area contributed by atoms with Gasteiger partial charge in [0.25, 0.3) is 5.91 Å². The smallest absolute Gasteiger partial charge is 0.251 e. The summed E-state index contributed by atoms with van der Waals surface area (Å²) in [4.78, 5) is 12.4. The van der Waals surface area contributed by atoms with Crippen LogP contribution in [0.4, 0.5) is 0 Å². The fourth-order valence-corrected chi connectivity index (χ4v) is 4.31.